The molecule has 0 aliphatic rings. The van der Waals surface area contributed by atoms with Crippen molar-refractivity contribution in [2.24, 2.45) is 0 Å². The van der Waals surface area contributed by atoms with Crippen molar-refractivity contribution in [1.82, 2.24) is 9.97 Å². The van der Waals surface area contributed by atoms with Crippen molar-refractivity contribution < 1.29 is 12.8 Å². The Labute approximate surface area is 117 Å². The molecule has 0 fully saturated rings. The lowest BCUT2D eigenvalue weighted by Gasteiger charge is -2.09. The number of sulfonamides is 1. The quantitative estimate of drug-likeness (QED) is 0.882. The van der Waals surface area contributed by atoms with Gasteiger partial charge in [0.2, 0.25) is 5.95 Å². The zero-order chi connectivity index (χ0) is 14.0. The van der Waals surface area contributed by atoms with Crippen molar-refractivity contribution in [3.05, 3.63) is 40.9 Å². The topological polar surface area (TPSA) is 98.0 Å². The van der Waals surface area contributed by atoms with E-state index in [-0.39, 0.29) is 21.0 Å². The maximum absolute atomic E-state index is 12.9. The number of halogens is 2. The largest absolute Gasteiger partial charge is 0.368 e. The van der Waals surface area contributed by atoms with Crippen LogP contribution in [0.1, 0.15) is 0 Å². The molecule has 0 atom stereocenters. The Morgan fingerprint density at radius 3 is 2.47 bits per heavy atom. The fourth-order valence-electron chi connectivity index (χ4n) is 1.24. The highest BCUT2D eigenvalue weighted by Crippen LogP contribution is 2.25. The summed E-state index contributed by atoms with van der Waals surface area (Å²) in [7, 11) is -3.85. The Morgan fingerprint density at radius 2 is 1.89 bits per heavy atom. The molecule has 1 aromatic heterocycles. The lowest BCUT2D eigenvalue weighted by atomic mass is 10.3. The van der Waals surface area contributed by atoms with Crippen LogP contribution in [0.2, 0.25) is 0 Å². The highest BCUT2D eigenvalue weighted by molar-refractivity contribution is 9.10. The standard InChI is InChI=1S/C10H8BrFN4O2S/c11-8-3-6(12)1-2-9(8)16-19(17,18)7-4-14-10(13)15-5-7/h1-5,16H,(H2,13,14,15). The third kappa shape index (κ3) is 3.18. The summed E-state index contributed by atoms with van der Waals surface area (Å²) in [5, 5.41) is 0. The average molecular weight is 347 g/mol. The van der Waals surface area contributed by atoms with Gasteiger partial charge in [0.25, 0.3) is 10.0 Å². The summed E-state index contributed by atoms with van der Waals surface area (Å²) < 4.78 is 39.5. The van der Waals surface area contributed by atoms with Crippen LogP contribution in [0.4, 0.5) is 16.0 Å². The van der Waals surface area contributed by atoms with Gasteiger partial charge in [0, 0.05) is 4.47 Å². The molecule has 0 saturated heterocycles. The molecule has 0 saturated carbocycles. The third-order valence-corrected chi connectivity index (χ3v) is 4.11. The van der Waals surface area contributed by atoms with Crippen LogP contribution in [0, 0.1) is 5.82 Å². The summed E-state index contributed by atoms with van der Waals surface area (Å²) in [6.07, 6.45) is 2.17. The molecule has 100 valence electrons. The molecular formula is C10H8BrFN4O2S. The number of nitrogens with one attached hydrogen (secondary N) is 1. The number of hydrogen-bond acceptors (Lipinski definition) is 5. The summed E-state index contributed by atoms with van der Waals surface area (Å²) in [6, 6.07) is 3.59. The van der Waals surface area contributed by atoms with Crippen molar-refractivity contribution >= 4 is 37.6 Å². The summed E-state index contributed by atoms with van der Waals surface area (Å²) in [5.74, 6) is -0.507. The van der Waals surface area contributed by atoms with E-state index in [2.05, 4.69) is 30.6 Å². The first kappa shape index (κ1) is 13.7. The summed E-state index contributed by atoms with van der Waals surface area (Å²) in [5.41, 5.74) is 5.48. The third-order valence-electron chi connectivity index (χ3n) is 2.13. The van der Waals surface area contributed by atoms with Gasteiger partial charge in [0.15, 0.2) is 0 Å². The maximum atomic E-state index is 12.9. The molecular weight excluding hydrogens is 339 g/mol. The van der Waals surface area contributed by atoms with Gasteiger partial charge in [-0.2, -0.15) is 0 Å². The molecule has 0 amide bonds. The van der Waals surface area contributed by atoms with Crippen LogP contribution >= 0.6 is 15.9 Å². The van der Waals surface area contributed by atoms with E-state index in [1.807, 2.05) is 0 Å². The minimum Gasteiger partial charge on any atom is -0.368 e. The fraction of sp³-hybridized carbons (Fsp3) is 0. The van der Waals surface area contributed by atoms with E-state index in [9.17, 15) is 12.8 Å². The predicted octanol–water partition coefficient (Wildman–Crippen LogP) is 1.76. The second-order valence-electron chi connectivity index (χ2n) is 3.51. The first-order valence-electron chi connectivity index (χ1n) is 4.94. The van der Waals surface area contributed by atoms with Gasteiger partial charge in [-0.05, 0) is 34.1 Å². The maximum Gasteiger partial charge on any atom is 0.265 e. The van der Waals surface area contributed by atoms with Gasteiger partial charge in [-0.15, -0.1) is 0 Å². The zero-order valence-electron chi connectivity index (χ0n) is 9.34. The number of benzene rings is 1. The highest BCUT2D eigenvalue weighted by Gasteiger charge is 2.16. The predicted molar refractivity (Wildman–Crippen MR) is 71.4 cm³/mol. The lowest BCUT2D eigenvalue weighted by molar-refractivity contribution is 0.600. The zero-order valence-corrected chi connectivity index (χ0v) is 11.7. The van der Waals surface area contributed by atoms with Crippen LogP contribution in [0.5, 0.6) is 0 Å². The number of anilines is 2. The Balaban J connectivity index is 2.33. The van der Waals surface area contributed by atoms with Crippen molar-refractivity contribution in [3.63, 3.8) is 0 Å². The average Bonchev–Trinajstić information content (AvgIpc) is 2.33. The Hall–Kier alpha value is -1.74. The lowest BCUT2D eigenvalue weighted by Crippen LogP contribution is -2.14. The van der Waals surface area contributed by atoms with E-state index in [0.29, 0.717) is 0 Å². The Kier molecular flexibility index (Phi) is 3.67. The molecule has 0 spiro atoms. The second-order valence-corrected chi connectivity index (χ2v) is 6.04. The summed E-state index contributed by atoms with van der Waals surface area (Å²) in [4.78, 5) is 7.06. The molecule has 1 heterocycles. The molecule has 1 aromatic carbocycles. The normalized spacial score (nSPS) is 11.3. The van der Waals surface area contributed by atoms with Crippen LogP contribution in [0.25, 0.3) is 0 Å². The highest BCUT2D eigenvalue weighted by atomic mass is 79.9. The number of nitrogens with two attached hydrogens (primary N) is 1. The molecule has 3 N–H and O–H groups in total. The monoisotopic (exact) mass is 346 g/mol. The Bertz CT molecular complexity index is 706. The fourth-order valence-corrected chi connectivity index (χ4v) is 2.79. The SMILES string of the molecule is Nc1ncc(S(=O)(=O)Nc2ccc(F)cc2Br)cn1. The molecule has 0 unspecified atom stereocenters. The van der Waals surface area contributed by atoms with Crippen molar-refractivity contribution in [3.8, 4) is 0 Å². The van der Waals surface area contributed by atoms with Crippen molar-refractivity contribution in [2.75, 3.05) is 10.5 Å². The summed E-state index contributed by atoms with van der Waals surface area (Å²) >= 11 is 3.07. The van der Waals surface area contributed by atoms with E-state index < -0.39 is 15.8 Å². The van der Waals surface area contributed by atoms with Gasteiger partial charge < -0.3 is 5.73 Å². The second kappa shape index (κ2) is 5.10. The molecule has 2 aromatic rings. The van der Waals surface area contributed by atoms with Crippen molar-refractivity contribution in [2.45, 2.75) is 4.90 Å². The number of nitrogen functional groups attached to an aromatic ring is 1. The van der Waals surface area contributed by atoms with Gasteiger partial charge >= 0.3 is 0 Å². The number of hydrogen-bond donors (Lipinski definition) is 2. The van der Waals surface area contributed by atoms with Gasteiger partial charge in [0.05, 0.1) is 18.1 Å². The van der Waals surface area contributed by atoms with Gasteiger partial charge in [-0.3, -0.25) is 4.72 Å². The molecule has 19 heavy (non-hydrogen) atoms. The van der Waals surface area contributed by atoms with Crippen LogP contribution < -0.4 is 10.5 Å². The number of nitrogens with zero attached hydrogens (tertiary/aromatic N) is 2. The molecule has 0 aliphatic heterocycles. The minimum absolute atomic E-state index is 0.0260. The summed E-state index contributed by atoms with van der Waals surface area (Å²) in [6.45, 7) is 0. The van der Waals surface area contributed by atoms with E-state index >= 15 is 0 Å². The van der Waals surface area contributed by atoms with Gasteiger partial charge in [0.1, 0.15) is 10.7 Å². The van der Waals surface area contributed by atoms with Gasteiger partial charge in [-0.25, -0.2) is 22.8 Å². The van der Waals surface area contributed by atoms with E-state index in [1.165, 1.54) is 6.07 Å². The first-order valence-corrected chi connectivity index (χ1v) is 7.21. The van der Waals surface area contributed by atoms with E-state index in [0.717, 1.165) is 24.5 Å². The van der Waals surface area contributed by atoms with Gasteiger partial charge in [-0.1, -0.05) is 0 Å². The molecule has 0 aliphatic carbocycles. The van der Waals surface area contributed by atoms with E-state index in [1.54, 1.807) is 0 Å². The molecule has 0 radical (unpaired) electrons. The first-order chi connectivity index (χ1) is 8.88. The number of rotatable bonds is 3. The van der Waals surface area contributed by atoms with Crippen LogP contribution in [-0.2, 0) is 10.0 Å². The Morgan fingerprint density at radius 1 is 1.26 bits per heavy atom. The van der Waals surface area contributed by atoms with Crippen LogP contribution in [0.3, 0.4) is 0 Å². The smallest absolute Gasteiger partial charge is 0.265 e. The minimum atomic E-state index is -3.85. The number of aromatic nitrogens is 2. The van der Waals surface area contributed by atoms with Crippen LogP contribution in [0.15, 0.2) is 40.0 Å². The van der Waals surface area contributed by atoms with Crippen LogP contribution in [-0.4, -0.2) is 18.4 Å². The van der Waals surface area contributed by atoms with E-state index in [4.69, 9.17) is 5.73 Å². The van der Waals surface area contributed by atoms with Crippen molar-refractivity contribution in [1.29, 1.82) is 0 Å². The molecule has 2 rings (SSSR count). The molecule has 6 nitrogen and oxygen atoms in total. The molecule has 0 bridgehead atoms. The molecule has 9 heteroatoms.